The minimum atomic E-state index is -2.55. The molecule has 0 spiro atoms. The molecular weight excluding hydrogens is 255 g/mol. The van der Waals surface area contributed by atoms with Crippen molar-refractivity contribution in [2.45, 2.75) is 12.0 Å². The molecule has 1 N–H and O–H groups in total. The first kappa shape index (κ1) is 12.8. The van der Waals surface area contributed by atoms with Crippen LogP contribution in [0.5, 0.6) is 0 Å². The third-order valence-electron chi connectivity index (χ3n) is 2.82. The van der Waals surface area contributed by atoms with E-state index in [1.54, 1.807) is 0 Å². The predicted molar refractivity (Wildman–Crippen MR) is 54.2 cm³/mol. The number of hydrogen-bond donors (Lipinski definition) is 1. The lowest BCUT2D eigenvalue weighted by molar-refractivity contribution is 0.0586. The van der Waals surface area contributed by atoms with Crippen LogP contribution in [0.15, 0.2) is 24.5 Å². The lowest BCUT2D eigenvalue weighted by atomic mass is 9.91. The monoisotopic (exact) mass is 262 g/mol. The van der Waals surface area contributed by atoms with E-state index in [1.807, 2.05) is 0 Å². The van der Waals surface area contributed by atoms with Crippen molar-refractivity contribution in [3.63, 3.8) is 0 Å². The van der Waals surface area contributed by atoms with Crippen molar-refractivity contribution < 1.29 is 27.1 Å². The molecule has 18 heavy (non-hydrogen) atoms. The molecule has 1 unspecified atom stereocenters. The minimum Gasteiger partial charge on any atom is -0.377 e. The molecule has 0 saturated heterocycles. The highest BCUT2D eigenvalue weighted by atomic mass is 19.2. The quantitative estimate of drug-likeness (QED) is 0.491. The van der Waals surface area contributed by atoms with Crippen molar-refractivity contribution in [2.24, 2.45) is 0 Å². The molecule has 0 radical (unpaired) electrons. The molecule has 1 atom stereocenters. The summed E-state index contributed by atoms with van der Waals surface area (Å²) in [5, 5.41) is 9.92. The van der Waals surface area contributed by atoms with Gasteiger partial charge in [-0.25, -0.2) is 22.0 Å². The first-order chi connectivity index (χ1) is 8.34. The van der Waals surface area contributed by atoms with Gasteiger partial charge in [0.05, 0.1) is 5.56 Å². The summed E-state index contributed by atoms with van der Waals surface area (Å²) >= 11 is 0. The molecule has 96 valence electrons. The zero-order valence-corrected chi connectivity index (χ0v) is 8.91. The standard InChI is InChI=1S/C12H7F5O/c1-2-3-12(18)5-4-6(13)8(14)9(15)7(5)10(16)11(12)17/h2,4,18H,1,3H2. The fourth-order valence-electron chi connectivity index (χ4n) is 1.95. The largest absolute Gasteiger partial charge is 0.377 e. The molecule has 2 rings (SSSR count). The van der Waals surface area contributed by atoms with Crippen molar-refractivity contribution in [3.05, 3.63) is 53.1 Å². The number of hydrogen-bond acceptors (Lipinski definition) is 1. The van der Waals surface area contributed by atoms with Crippen LogP contribution in [0.25, 0.3) is 5.83 Å². The Kier molecular flexibility index (Phi) is 2.77. The first-order valence-corrected chi connectivity index (χ1v) is 4.92. The Labute approximate surface area is 98.9 Å². The van der Waals surface area contributed by atoms with Gasteiger partial charge in [0, 0.05) is 12.0 Å². The van der Waals surface area contributed by atoms with Crippen molar-refractivity contribution in [2.75, 3.05) is 0 Å². The second-order valence-electron chi connectivity index (χ2n) is 3.89. The van der Waals surface area contributed by atoms with E-state index in [2.05, 4.69) is 6.58 Å². The smallest absolute Gasteiger partial charge is 0.195 e. The van der Waals surface area contributed by atoms with Crippen LogP contribution in [0.3, 0.4) is 0 Å². The zero-order chi connectivity index (χ0) is 13.7. The second-order valence-corrected chi connectivity index (χ2v) is 3.89. The van der Waals surface area contributed by atoms with Gasteiger partial charge in [0.2, 0.25) is 0 Å². The molecule has 0 amide bonds. The van der Waals surface area contributed by atoms with Crippen molar-refractivity contribution in [3.8, 4) is 0 Å². The number of halogens is 5. The average Bonchev–Trinajstić information content (AvgIpc) is 2.50. The van der Waals surface area contributed by atoms with Crippen molar-refractivity contribution in [1.29, 1.82) is 0 Å². The molecule has 1 aromatic rings. The van der Waals surface area contributed by atoms with Crippen LogP contribution in [0.2, 0.25) is 0 Å². The SMILES string of the molecule is C=CCC1(O)C(F)=C(F)c2c1cc(F)c(F)c2F. The molecule has 0 saturated carbocycles. The first-order valence-electron chi connectivity index (χ1n) is 4.92. The molecule has 6 heteroatoms. The Morgan fingerprint density at radius 2 is 1.78 bits per heavy atom. The van der Waals surface area contributed by atoms with Gasteiger partial charge in [-0.05, 0) is 6.07 Å². The lowest BCUT2D eigenvalue weighted by Gasteiger charge is -2.22. The zero-order valence-electron chi connectivity index (χ0n) is 8.91. The van der Waals surface area contributed by atoms with E-state index in [0.717, 1.165) is 6.08 Å². The summed E-state index contributed by atoms with van der Waals surface area (Å²) in [6, 6.07) is 0.378. The maximum Gasteiger partial charge on any atom is 0.195 e. The summed E-state index contributed by atoms with van der Waals surface area (Å²) in [5.74, 6) is -8.82. The van der Waals surface area contributed by atoms with Gasteiger partial charge < -0.3 is 5.11 Å². The van der Waals surface area contributed by atoms with E-state index in [-0.39, 0.29) is 0 Å². The fourth-order valence-corrected chi connectivity index (χ4v) is 1.95. The number of aliphatic hydroxyl groups is 1. The van der Waals surface area contributed by atoms with Crippen LogP contribution in [-0.4, -0.2) is 5.11 Å². The summed E-state index contributed by atoms with van der Waals surface area (Å²) in [4.78, 5) is 0. The maximum atomic E-state index is 13.6. The molecule has 1 nitrogen and oxygen atoms in total. The van der Waals surface area contributed by atoms with E-state index in [1.165, 1.54) is 0 Å². The Bertz CT molecular complexity index is 578. The van der Waals surface area contributed by atoms with Crippen LogP contribution >= 0.6 is 0 Å². The van der Waals surface area contributed by atoms with Crippen LogP contribution in [-0.2, 0) is 5.60 Å². The predicted octanol–water partition coefficient (Wildman–Crippen LogP) is 3.49. The van der Waals surface area contributed by atoms with E-state index in [9.17, 15) is 27.1 Å². The Morgan fingerprint density at radius 1 is 1.17 bits per heavy atom. The third kappa shape index (κ3) is 1.42. The Morgan fingerprint density at radius 3 is 2.33 bits per heavy atom. The van der Waals surface area contributed by atoms with Gasteiger partial charge >= 0.3 is 0 Å². The normalized spacial score (nSPS) is 22.3. The summed E-state index contributed by atoms with van der Waals surface area (Å²) < 4.78 is 66.5. The Balaban J connectivity index is 2.81. The van der Waals surface area contributed by atoms with E-state index in [0.29, 0.717) is 6.07 Å². The average molecular weight is 262 g/mol. The minimum absolute atomic E-state index is 0.378. The summed E-state index contributed by atoms with van der Waals surface area (Å²) in [5.41, 5.74) is -4.32. The highest BCUT2D eigenvalue weighted by molar-refractivity contribution is 5.74. The van der Waals surface area contributed by atoms with Gasteiger partial charge in [-0.3, -0.25) is 0 Å². The number of rotatable bonds is 2. The fraction of sp³-hybridized carbons (Fsp3) is 0.167. The molecule has 1 aromatic carbocycles. The molecule has 0 heterocycles. The van der Waals surface area contributed by atoms with Gasteiger partial charge in [-0.15, -0.1) is 6.58 Å². The van der Waals surface area contributed by atoms with Crippen molar-refractivity contribution >= 4 is 5.83 Å². The van der Waals surface area contributed by atoms with Crippen LogP contribution in [0, 0.1) is 17.5 Å². The molecular formula is C12H7F5O. The van der Waals surface area contributed by atoms with Crippen molar-refractivity contribution in [1.82, 2.24) is 0 Å². The van der Waals surface area contributed by atoms with Crippen LogP contribution in [0.4, 0.5) is 22.0 Å². The number of benzene rings is 1. The van der Waals surface area contributed by atoms with Gasteiger partial charge in [-0.2, -0.15) is 0 Å². The second kappa shape index (κ2) is 3.91. The van der Waals surface area contributed by atoms with E-state index in [4.69, 9.17) is 0 Å². The third-order valence-corrected chi connectivity index (χ3v) is 2.82. The topological polar surface area (TPSA) is 20.2 Å². The van der Waals surface area contributed by atoms with Gasteiger partial charge in [0.1, 0.15) is 5.60 Å². The van der Waals surface area contributed by atoms with Crippen LogP contribution < -0.4 is 0 Å². The van der Waals surface area contributed by atoms with Gasteiger partial charge in [0.15, 0.2) is 29.1 Å². The van der Waals surface area contributed by atoms with E-state index < -0.39 is 52.3 Å². The maximum absolute atomic E-state index is 13.6. The highest BCUT2D eigenvalue weighted by Gasteiger charge is 2.47. The highest BCUT2D eigenvalue weighted by Crippen LogP contribution is 2.49. The molecule has 1 aliphatic carbocycles. The lowest BCUT2D eigenvalue weighted by Crippen LogP contribution is -2.24. The van der Waals surface area contributed by atoms with E-state index >= 15 is 0 Å². The Hall–Kier alpha value is -1.69. The molecule has 0 fully saturated rings. The molecule has 0 bridgehead atoms. The summed E-state index contributed by atoms with van der Waals surface area (Å²) in [7, 11) is 0. The summed E-state index contributed by atoms with van der Waals surface area (Å²) in [6.07, 6.45) is 0.560. The van der Waals surface area contributed by atoms with Crippen LogP contribution in [0.1, 0.15) is 17.5 Å². The van der Waals surface area contributed by atoms with Gasteiger partial charge in [0.25, 0.3) is 0 Å². The molecule has 1 aliphatic rings. The van der Waals surface area contributed by atoms with Gasteiger partial charge in [-0.1, -0.05) is 6.08 Å². The molecule has 0 aliphatic heterocycles. The molecule has 0 aromatic heterocycles. The summed E-state index contributed by atoms with van der Waals surface area (Å²) in [6.45, 7) is 3.23. The number of fused-ring (bicyclic) bond motifs is 1.